The Hall–Kier alpha value is -0.870. The quantitative estimate of drug-likeness (QED) is 0.849. The molecule has 4 heteroatoms. The van der Waals surface area contributed by atoms with E-state index in [1.807, 2.05) is 6.92 Å². The third kappa shape index (κ3) is 3.30. The van der Waals surface area contributed by atoms with Crippen LogP contribution in [0.2, 0.25) is 0 Å². The van der Waals surface area contributed by atoms with Crippen LogP contribution >= 0.6 is 0 Å². The van der Waals surface area contributed by atoms with Crippen molar-refractivity contribution in [1.82, 2.24) is 15.1 Å². The zero-order valence-electron chi connectivity index (χ0n) is 11.1. The molecule has 0 bridgehead atoms. The first kappa shape index (κ1) is 12.6. The summed E-state index contributed by atoms with van der Waals surface area (Å²) in [6.07, 6.45) is 2.82. The minimum absolute atomic E-state index is 0.394. The zero-order chi connectivity index (χ0) is 12.3. The number of rotatable bonds is 5. The molecule has 1 N–H and O–H groups in total. The van der Waals surface area contributed by atoms with Crippen LogP contribution in [0, 0.1) is 13.8 Å². The molecule has 96 valence electrons. The van der Waals surface area contributed by atoms with E-state index in [1.165, 1.54) is 18.5 Å². The van der Waals surface area contributed by atoms with Crippen molar-refractivity contribution in [3.05, 3.63) is 17.5 Å². The molecule has 1 aromatic rings. The van der Waals surface area contributed by atoms with Crippen molar-refractivity contribution in [2.45, 2.75) is 45.8 Å². The second-order valence-electron chi connectivity index (χ2n) is 5.01. The summed E-state index contributed by atoms with van der Waals surface area (Å²) in [4.78, 5) is 0. The lowest BCUT2D eigenvalue weighted by Gasteiger charge is -2.17. The van der Waals surface area contributed by atoms with Gasteiger partial charge in [0.2, 0.25) is 0 Å². The van der Waals surface area contributed by atoms with Gasteiger partial charge in [0.25, 0.3) is 0 Å². The van der Waals surface area contributed by atoms with E-state index >= 15 is 0 Å². The van der Waals surface area contributed by atoms with E-state index < -0.39 is 0 Å². The van der Waals surface area contributed by atoms with Gasteiger partial charge in [0, 0.05) is 25.4 Å². The van der Waals surface area contributed by atoms with Gasteiger partial charge in [-0.25, -0.2) is 0 Å². The number of aryl methyl sites for hydroxylation is 2. The van der Waals surface area contributed by atoms with Gasteiger partial charge in [0.1, 0.15) is 0 Å². The van der Waals surface area contributed by atoms with Crippen molar-refractivity contribution >= 4 is 0 Å². The van der Waals surface area contributed by atoms with Crippen LogP contribution in [0.15, 0.2) is 6.07 Å². The number of ether oxygens (including phenoxy) is 1. The summed E-state index contributed by atoms with van der Waals surface area (Å²) in [6.45, 7) is 9.18. The highest BCUT2D eigenvalue weighted by Gasteiger charge is 2.15. The van der Waals surface area contributed by atoms with Crippen molar-refractivity contribution in [3.8, 4) is 0 Å². The highest BCUT2D eigenvalue weighted by Crippen LogP contribution is 2.12. The van der Waals surface area contributed by atoms with Crippen molar-refractivity contribution in [2.24, 2.45) is 0 Å². The Labute approximate surface area is 103 Å². The Kier molecular flexibility index (Phi) is 4.18. The molecular weight excluding hydrogens is 214 g/mol. The van der Waals surface area contributed by atoms with Crippen LogP contribution < -0.4 is 5.32 Å². The van der Waals surface area contributed by atoms with E-state index in [0.29, 0.717) is 12.1 Å². The van der Waals surface area contributed by atoms with Gasteiger partial charge in [0.05, 0.1) is 17.8 Å². The summed E-state index contributed by atoms with van der Waals surface area (Å²) in [5.41, 5.74) is 2.32. The van der Waals surface area contributed by atoms with Crippen molar-refractivity contribution < 1.29 is 4.74 Å². The average molecular weight is 237 g/mol. The summed E-state index contributed by atoms with van der Waals surface area (Å²) in [7, 11) is 0. The standard InChI is InChI=1S/C13H23N3O/c1-10-7-11(2)16(15-10)12(3)8-14-9-13-5-4-6-17-13/h7,12-14H,4-6,8-9H2,1-3H3. The van der Waals surface area contributed by atoms with Crippen molar-refractivity contribution in [2.75, 3.05) is 19.7 Å². The molecule has 0 spiro atoms. The van der Waals surface area contributed by atoms with E-state index in [4.69, 9.17) is 4.74 Å². The second-order valence-corrected chi connectivity index (χ2v) is 5.01. The van der Waals surface area contributed by atoms with Gasteiger partial charge in [0.15, 0.2) is 0 Å². The van der Waals surface area contributed by atoms with Gasteiger partial charge in [-0.05, 0) is 39.7 Å². The minimum atomic E-state index is 0.394. The van der Waals surface area contributed by atoms with Crippen LogP contribution in [0.3, 0.4) is 0 Å². The SMILES string of the molecule is Cc1cc(C)n(C(C)CNCC2CCCO2)n1. The van der Waals surface area contributed by atoms with Gasteiger partial charge in [-0.2, -0.15) is 5.10 Å². The van der Waals surface area contributed by atoms with E-state index in [9.17, 15) is 0 Å². The third-order valence-electron chi connectivity index (χ3n) is 3.30. The van der Waals surface area contributed by atoms with E-state index in [-0.39, 0.29) is 0 Å². The Morgan fingerprint density at radius 3 is 3.00 bits per heavy atom. The maximum absolute atomic E-state index is 5.58. The first-order valence-corrected chi connectivity index (χ1v) is 6.52. The summed E-state index contributed by atoms with van der Waals surface area (Å²) in [5, 5.41) is 7.98. The fourth-order valence-corrected chi connectivity index (χ4v) is 2.44. The second kappa shape index (κ2) is 5.65. The molecule has 1 aromatic heterocycles. The molecule has 0 radical (unpaired) electrons. The summed E-state index contributed by atoms with van der Waals surface area (Å²) in [6, 6.07) is 2.52. The van der Waals surface area contributed by atoms with Crippen LogP contribution in [0.5, 0.6) is 0 Å². The van der Waals surface area contributed by atoms with Crippen molar-refractivity contribution in [3.63, 3.8) is 0 Å². The third-order valence-corrected chi connectivity index (χ3v) is 3.30. The first-order chi connectivity index (χ1) is 8.16. The van der Waals surface area contributed by atoms with Gasteiger partial charge >= 0.3 is 0 Å². The molecule has 1 aliphatic rings. The smallest absolute Gasteiger partial charge is 0.0700 e. The van der Waals surface area contributed by atoms with Crippen LogP contribution in [0.25, 0.3) is 0 Å². The van der Waals surface area contributed by atoms with Crippen LogP contribution in [0.1, 0.15) is 37.2 Å². The molecule has 2 rings (SSSR count). The number of nitrogens with zero attached hydrogens (tertiary/aromatic N) is 2. The highest BCUT2D eigenvalue weighted by molar-refractivity contribution is 5.07. The normalized spacial score (nSPS) is 21.9. The maximum atomic E-state index is 5.58. The molecule has 0 amide bonds. The van der Waals surface area contributed by atoms with Crippen LogP contribution in [0.4, 0.5) is 0 Å². The van der Waals surface area contributed by atoms with Crippen LogP contribution in [-0.4, -0.2) is 35.6 Å². The average Bonchev–Trinajstić information content (AvgIpc) is 2.88. The molecule has 2 unspecified atom stereocenters. The number of hydrogen-bond acceptors (Lipinski definition) is 3. The largest absolute Gasteiger partial charge is 0.377 e. The lowest BCUT2D eigenvalue weighted by Crippen LogP contribution is -2.31. The summed E-state index contributed by atoms with van der Waals surface area (Å²) in [5.74, 6) is 0. The van der Waals surface area contributed by atoms with Gasteiger partial charge < -0.3 is 10.1 Å². The molecule has 17 heavy (non-hydrogen) atoms. The molecular formula is C13H23N3O. The fraction of sp³-hybridized carbons (Fsp3) is 0.769. The first-order valence-electron chi connectivity index (χ1n) is 6.52. The molecule has 1 saturated heterocycles. The zero-order valence-corrected chi connectivity index (χ0v) is 11.1. The lowest BCUT2D eigenvalue weighted by molar-refractivity contribution is 0.109. The predicted octanol–water partition coefficient (Wildman–Crippen LogP) is 1.83. The molecule has 1 aliphatic heterocycles. The monoisotopic (exact) mass is 237 g/mol. The Morgan fingerprint density at radius 1 is 1.59 bits per heavy atom. The number of hydrogen-bond donors (Lipinski definition) is 1. The summed E-state index contributed by atoms with van der Waals surface area (Å²) >= 11 is 0. The summed E-state index contributed by atoms with van der Waals surface area (Å²) < 4.78 is 7.68. The fourth-order valence-electron chi connectivity index (χ4n) is 2.44. The Bertz CT molecular complexity index is 356. The number of aromatic nitrogens is 2. The molecule has 0 aliphatic carbocycles. The van der Waals surface area contributed by atoms with Gasteiger partial charge in [-0.3, -0.25) is 4.68 Å². The highest BCUT2D eigenvalue weighted by atomic mass is 16.5. The maximum Gasteiger partial charge on any atom is 0.0700 e. The van der Waals surface area contributed by atoms with Gasteiger partial charge in [-0.15, -0.1) is 0 Å². The lowest BCUT2D eigenvalue weighted by atomic mass is 10.2. The molecule has 2 atom stereocenters. The van der Waals surface area contributed by atoms with Gasteiger partial charge in [-0.1, -0.05) is 0 Å². The van der Waals surface area contributed by atoms with E-state index in [2.05, 4.69) is 35.0 Å². The predicted molar refractivity (Wildman–Crippen MR) is 68.3 cm³/mol. The minimum Gasteiger partial charge on any atom is -0.377 e. The Balaban J connectivity index is 1.76. The molecule has 4 nitrogen and oxygen atoms in total. The van der Waals surface area contributed by atoms with E-state index in [1.54, 1.807) is 0 Å². The number of nitrogens with one attached hydrogen (secondary N) is 1. The molecule has 2 heterocycles. The molecule has 0 aromatic carbocycles. The van der Waals surface area contributed by atoms with Crippen molar-refractivity contribution in [1.29, 1.82) is 0 Å². The topological polar surface area (TPSA) is 39.1 Å². The molecule has 1 fully saturated rings. The molecule has 0 saturated carbocycles. The van der Waals surface area contributed by atoms with Crippen LogP contribution in [-0.2, 0) is 4.74 Å². The Morgan fingerprint density at radius 2 is 2.41 bits per heavy atom. The van der Waals surface area contributed by atoms with E-state index in [0.717, 1.165) is 25.4 Å².